The van der Waals surface area contributed by atoms with Gasteiger partial charge in [-0.2, -0.15) is 0 Å². The van der Waals surface area contributed by atoms with Gasteiger partial charge in [0.15, 0.2) is 11.3 Å². The Bertz CT molecular complexity index is 1790. The topological polar surface area (TPSA) is 65.6 Å². The number of hydrogen-bond donors (Lipinski definition) is 0. The molecule has 0 spiro atoms. The van der Waals surface area contributed by atoms with Crippen LogP contribution in [0.2, 0.25) is 10.0 Å². The van der Waals surface area contributed by atoms with Crippen molar-refractivity contribution in [3.05, 3.63) is 105 Å². The SMILES string of the molecule is Cc1nc2c(c(=O)n1Cc1ccccc1Cl)c1nc3ccccc3nc1n2-c1ccc(Cl)cc1. The average Bonchev–Trinajstić information content (AvgIpc) is 3.14. The van der Waals surface area contributed by atoms with Crippen LogP contribution in [0.1, 0.15) is 11.4 Å². The Morgan fingerprint density at radius 2 is 1.47 bits per heavy atom. The van der Waals surface area contributed by atoms with Gasteiger partial charge in [-0.1, -0.05) is 53.5 Å². The van der Waals surface area contributed by atoms with Crippen molar-refractivity contribution in [1.82, 2.24) is 24.1 Å². The van der Waals surface area contributed by atoms with Gasteiger partial charge in [0.05, 0.1) is 17.6 Å². The number of fused-ring (bicyclic) bond motifs is 4. The Morgan fingerprint density at radius 3 is 2.21 bits per heavy atom. The summed E-state index contributed by atoms with van der Waals surface area (Å²) in [7, 11) is 0. The molecule has 3 aromatic heterocycles. The Kier molecular flexibility index (Phi) is 4.86. The van der Waals surface area contributed by atoms with Gasteiger partial charge in [0.2, 0.25) is 0 Å². The van der Waals surface area contributed by atoms with Crippen LogP contribution in [0.5, 0.6) is 0 Å². The minimum Gasteiger partial charge on any atom is -0.292 e. The van der Waals surface area contributed by atoms with E-state index in [1.54, 1.807) is 16.7 Å². The van der Waals surface area contributed by atoms with Crippen LogP contribution in [0.25, 0.3) is 38.9 Å². The quantitative estimate of drug-likeness (QED) is 0.310. The van der Waals surface area contributed by atoms with Crippen LogP contribution in [0.3, 0.4) is 0 Å². The summed E-state index contributed by atoms with van der Waals surface area (Å²) >= 11 is 12.5. The van der Waals surface area contributed by atoms with Gasteiger partial charge in [-0.15, -0.1) is 0 Å². The third-order valence-corrected chi connectivity index (χ3v) is 6.55. The van der Waals surface area contributed by atoms with E-state index in [4.69, 9.17) is 38.2 Å². The molecule has 0 unspecified atom stereocenters. The van der Waals surface area contributed by atoms with Gasteiger partial charge in [-0.3, -0.25) is 13.9 Å². The summed E-state index contributed by atoms with van der Waals surface area (Å²) in [6.45, 7) is 2.13. The maximum absolute atomic E-state index is 13.9. The molecule has 0 aliphatic carbocycles. The second-order valence-corrected chi connectivity index (χ2v) is 8.88. The molecule has 6 aromatic rings. The van der Waals surface area contributed by atoms with E-state index in [1.165, 1.54) is 0 Å². The number of rotatable bonds is 3. The number of para-hydroxylation sites is 2. The second kappa shape index (κ2) is 7.94. The lowest BCUT2D eigenvalue weighted by Crippen LogP contribution is -2.24. The second-order valence-electron chi connectivity index (χ2n) is 8.04. The molecule has 0 N–H and O–H groups in total. The zero-order valence-electron chi connectivity index (χ0n) is 18.0. The zero-order valence-corrected chi connectivity index (χ0v) is 19.5. The molecule has 0 aliphatic rings. The van der Waals surface area contributed by atoms with Crippen LogP contribution >= 0.6 is 23.2 Å². The van der Waals surface area contributed by atoms with E-state index in [9.17, 15) is 4.79 Å². The molecule has 0 aliphatic heterocycles. The molecule has 0 radical (unpaired) electrons. The Balaban J connectivity index is 1.72. The summed E-state index contributed by atoms with van der Waals surface area (Å²) in [4.78, 5) is 28.5. The average molecular weight is 486 g/mol. The number of halogens is 2. The fourth-order valence-corrected chi connectivity index (χ4v) is 4.57. The Labute approximate surface area is 204 Å². The number of hydrogen-bond acceptors (Lipinski definition) is 4. The lowest BCUT2D eigenvalue weighted by molar-refractivity contribution is 0.711. The van der Waals surface area contributed by atoms with Crippen molar-refractivity contribution >= 4 is 56.4 Å². The zero-order chi connectivity index (χ0) is 23.4. The van der Waals surface area contributed by atoms with Gasteiger partial charge in [0.1, 0.15) is 16.7 Å². The summed E-state index contributed by atoms with van der Waals surface area (Å²) in [5.74, 6) is 0.569. The first-order chi connectivity index (χ1) is 16.5. The van der Waals surface area contributed by atoms with Crippen LogP contribution < -0.4 is 5.56 Å². The summed E-state index contributed by atoms with van der Waals surface area (Å²) in [6, 6.07) is 22.4. The minimum atomic E-state index is -0.190. The maximum atomic E-state index is 13.9. The van der Waals surface area contributed by atoms with Crippen molar-refractivity contribution in [2.75, 3.05) is 0 Å². The van der Waals surface area contributed by atoms with E-state index in [0.29, 0.717) is 50.1 Å². The number of benzene rings is 3. The van der Waals surface area contributed by atoms with Gasteiger partial charge < -0.3 is 0 Å². The van der Waals surface area contributed by atoms with Gasteiger partial charge in [0, 0.05) is 15.7 Å². The van der Waals surface area contributed by atoms with E-state index in [1.807, 2.05) is 72.2 Å². The third-order valence-electron chi connectivity index (χ3n) is 5.92. The van der Waals surface area contributed by atoms with Crippen LogP contribution in [-0.2, 0) is 6.54 Å². The van der Waals surface area contributed by atoms with Crippen LogP contribution in [0, 0.1) is 6.92 Å². The molecule has 166 valence electrons. The molecule has 8 heteroatoms. The molecule has 0 saturated heterocycles. The first-order valence-electron chi connectivity index (χ1n) is 10.7. The Morgan fingerprint density at radius 1 is 0.794 bits per heavy atom. The lowest BCUT2D eigenvalue weighted by Gasteiger charge is -2.12. The van der Waals surface area contributed by atoms with E-state index in [-0.39, 0.29) is 5.56 Å². The van der Waals surface area contributed by atoms with E-state index in [0.717, 1.165) is 16.8 Å². The molecule has 0 amide bonds. The molecular formula is C26H17Cl2N5O. The largest absolute Gasteiger partial charge is 0.292 e. The molecule has 3 aromatic carbocycles. The highest BCUT2D eigenvalue weighted by molar-refractivity contribution is 6.31. The predicted molar refractivity (Wildman–Crippen MR) is 136 cm³/mol. The van der Waals surface area contributed by atoms with Gasteiger partial charge >= 0.3 is 0 Å². The first kappa shape index (κ1) is 20.8. The molecular weight excluding hydrogens is 469 g/mol. The first-order valence-corrected chi connectivity index (χ1v) is 11.4. The van der Waals surface area contributed by atoms with Gasteiger partial charge in [-0.25, -0.2) is 15.0 Å². The van der Waals surface area contributed by atoms with Crippen LogP contribution in [0.15, 0.2) is 77.6 Å². The Hall–Kier alpha value is -3.74. The lowest BCUT2D eigenvalue weighted by atomic mass is 10.2. The molecule has 0 bridgehead atoms. The van der Waals surface area contributed by atoms with E-state index < -0.39 is 0 Å². The monoisotopic (exact) mass is 485 g/mol. The van der Waals surface area contributed by atoms with E-state index >= 15 is 0 Å². The molecule has 34 heavy (non-hydrogen) atoms. The smallest absolute Gasteiger partial charge is 0.265 e. The normalized spacial score (nSPS) is 11.6. The van der Waals surface area contributed by atoms with Crippen molar-refractivity contribution in [2.45, 2.75) is 13.5 Å². The summed E-state index contributed by atoms with van der Waals surface area (Å²) in [5.41, 5.74) is 4.47. The molecule has 6 rings (SSSR count). The summed E-state index contributed by atoms with van der Waals surface area (Å²) in [5, 5.41) is 1.64. The fraction of sp³-hybridized carbons (Fsp3) is 0.0769. The van der Waals surface area contributed by atoms with Crippen molar-refractivity contribution in [2.24, 2.45) is 0 Å². The minimum absolute atomic E-state index is 0.190. The summed E-state index contributed by atoms with van der Waals surface area (Å²) < 4.78 is 3.50. The third kappa shape index (κ3) is 3.26. The van der Waals surface area contributed by atoms with Crippen molar-refractivity contribution in [3.63, 3.8) is 0 Å². The summed E-state index contributed by atoms with van der Waals surface area (Å²) in [6.07, 6.45) is 0. The highest BCUT2D eigenvalue weighted by Crippen LogP contribution is 2.29. The number of aryl methyl sites for hydroxylation is 1. The highest BCUT2D eigenvalue weighted by atomic mass is 35.5. The van der Waals surface area contributed by atoms with Crippen molar-refractivity contribution < 1.29 is 0 Å². The maximum Gasteiger partial charge on any atom is 0.265 e. The van der Waals surface area contributed by atoms with E-state index in [2.05, 4.69) is 0 Å². The highest BCUT2D eigenvalue weighted by Gasteiger charge is 2.22. The molecule has 0 saturated carbocycles. The molecule has 3 heterocycles. The molecule has 0 fully saturated rings. The van der Waals surface area contributed by atoms with Gasteiger partial charge in [-0.05, 0) is 55.0 Å². The molecule has 0 atom stereocenters. The van der Waals surface area contributed by atoms with Crippen LogP contribution in [0.4, 0.5) is 0 Å². The van der Waals surface area contributed by atoms with Crippen molar-refractivity contribution in [3.8, 4) is 5.69 Å². The van der Waals surface area contributed by atoms with Crippen molar-refractivity contribution in [1.29, 1.82) is 0 Å². The predicted octanol–water partition coefficient (Wildman–Crippen LogP) is 5.95. The number of nitrogens with zero attached hydrogens (tertiary/aromatic N) is 5. The standard InChI is InChI=1S/C26H17Cl2N5O/c1-15-29-24-22(26(34)32(15)14-16-6-2-3-7-19(16)28)23-25(31-21-9-5-4-8-20(21)30-23)33(24)18-12-10-17(27)11-13-18/h2-13H,14H2,1H3. The number of aromatic nitrogens is 5. The molecule has 6 nitrogen and oxygen atoms in total. The van der Waals surface area contributed by atoms with Gasteiger partial charge in [0.25, 0.3) is 5.56 Å². The van der Waals surface area contributed by atoms with Crippen LogP contribution in [-0.4, -0.2) is 24.1 Å². The fourth-order valence-electron chi connectivity index (χ4n) is 4.25.